The number of benzene rings is 1. The summed E-state index contributed by atoms with van der Waals surface area (Å²) in [5.41, 5.74) is 1.82. The van der Waals surface area contributed by atoms with E-state index in [0.29, 0.717) is 23.0 Å². The summed E-state index contributed by atoms with van der Waals surface area (Å²) in [6.07, 6.45) is 2.10. The van der Waals surface area contributed by atoms with Crippen LogP contribution in [0.15, 0.2) is 34.9 Å². The molecule has 0 saturated heterocycles. The van der Waals surface area contributed by atoms with E-state index in [1.807, 2.05) is 0 Å². The van der Waals surface area contributed by atoms with E-state index in [4.69, 9.17) is 4.52 Å². The van der Waals surface area contributed by atoms with Gasteiger partial charge in [-0.2, -0.15) is 0 Å². The van der Waals surface area contributed by atoms with Crippen LogP contribution in [0.25, 0.3) is 0 Å². The molecule has 108 valence electrons. The third-order valence-corrected chi connectivity index (χ3v) is 3.17. The van der Waals surface area contributed by atoms with E-state index in [1.54, 1.807) is 37.3 Å². The molecule has 0 unspecified atom stereocenters. The highest BCUT2D eigenvalue weighted by atomic mass is 16.5. The zero-order chi connectivity index (χ0) is 14.8. The molecular weight excluding hydrogens is 270 g/mol. The highest BCUT2D eigenvalue weighted by Gasteiger charge is 2.23. The van der Waals surface area contributed by atoms with Crippen molar-refractivity contribution in [2.45, 2.75) is 25.8 Å². The predicted octanol–water partition coefficient (Wildman–Crippen LogP) is 2.13. The Morgan fingerprint density at radius 1 is 1.19 bits per heavy atom. The minimum atomic E-state index is -0.370. The number of carbonyl (C=O) groups is 2. The average Bonchev–Trinajstić information content (AvgIpc) is 3.17. The SMILES string of the molecule is Cc1cc(C(=O)Nc2ccc(C(=O)NC3CC3)cc2)on1. The summed E-state index contributed by atoms with van der Waals surface area (Å²) in [6, 6.07) is 8.61. The summed E-state index contributed by atoms with van der Waals surface area (Å²) in [5.74, 6) is -0.296. The number of anilines is 1. The van der Waals surface area contributed by atoms with E-state index >= 15 is 0 Å². The van der Waals surface area contributed by atoms with Gasteiger partial charge in [-0.05, 0) is 44.0 Å². The van der Waals surface area contributed by atoms with Crippen molar-refractivity contribution >= 4 is 17.5 Å². The molecule has 2 amide bonds. The lowest BCUT2D eigenvalue weighted by Crippen LogP contribution is -2.25. The molecule has 0 bridgehead atoms. The van der Waals surface area contributed by atoms with Crippen molar-refractivity contribution in [2.24, 2.45) is 0 Å². The quantitative estimate of drug-likeness (QED) is 0.901. The maximum atomic E-state index is 11.9. The molecule has 0 atom stereocenters. The van der Waals surface area contributed by atoms with Crippen LogP contribution < -0.4 is 10.6 Å². The highest BCUT2D eigenvalue weighted by Crippen LogP contribution is 2.19. The van der Waals surface area contributed by atoms with Gasteiger partial charge in [-0.15, -0.1) is 0 Å². The topological polar surface area (TPSA) is 84.2 Å². The van der Waals surface area contributed by atoms with Crippen molar-refractivity contribution < 1.29 is 14.1 Å². The van der Waals surface area contributed by atoms with Crippen LogP contribution in [0.4, 0.5) is 5.69 Å². The van der Waals surface area contributed by atoms with Crippen molar-refractivity contribution in [2.75, 3.05) is 5.32 Å². The number of aryl methyl sites for hydroxylation is 1. The van der Waals surface area contributed by atoms with E-state index in [2.05, 4.69) is 15.8 Å². The van der Waals surface area contributed by atoms with Gasteiger partial charge in [-0.1, -0.05) is 5.16 Å². The largest absolute Gasteiger partial charge is 0.351 e. The first kappa shape index (κ1) is 13.4. The summed E-state index contributed by atoms with van der Waals surface area (Å²) in [6.45, 7) is 1.74. The average molecular weight is 285 g/mol. The highest BCUT2D eigenvalue weighted by molar-refractivity contribution is 6.02. The van der Waals surface area contributed by atoms with Gasteiger partial charge in [0.1, 0.15) is 0 Å². The smallest absolute Gasteiger partial charge is 0.294 e. The normalized spacial score (nSPS) is 13.8. The molecule has 1 aliphatic rings. The zero-order valence-electron chi connectivity index (χ0n) is 11.6. The van der Waals surface area contributed by atoms with Crippen LogP contribution in [0, 0.1) is 6.92 Å². The van der Waals surface area contributed by atoms with Gasteiger partial charge in [0.05, 0.1) is 5.69 Å². The molecule has 6 nitrogen and oxygen atoms in total. The van der Waals surface area contributed by atoms with Gasteiger partial charge in [0, 0.05) is 23.4 Å². The number of hydrogen-bond acceptors (Lipinski definition) is 4. The van der Waals surface area contributed by atoms with Gasteiger partial charge in [-0.25, -0.2) is 0 Å². The summed E-state index contributed by atoms with van der Waals surface area (Å²) in [5, 5.41) is 9.26. The molecule has 6 heteroatoms. The molecule has 1 saturated carbocycles. The third-order valence-electron chi connectivity index (χ3n) is 3.17. The number of nitrogens with zero attached hydrogens (tertiary/aromatic N) is 1. The molecule has 2 N–H and O–H groups in total. The lowest BCUT2D eigenvalue weighted by Gasteiger charge is -2.05. The molecule has 0 radical (unpaired) electrons. The molecule has 1 aliphatic carbocycles. The maximum Gasteiger partial charge on any atom is 0.294 e. The zero-order valence-corrected chi connectivity index (χ0v) is 11.6. The summed E-state index contributed by atoms with van der Waals surface area (Å²) in [7, 11) is 0. The van der Waals surface area contributed by atoms with Crippen molar-refractivity contribution in [3.63, 3.8) is 0 Å². The standard InChI is InChI=1S/C15H15N3O3/c1-9-8-13(21-18-9)15(20)17-11-4-2-10(3-5-11)14(19)16-12-6-7-12/h2-5,8,12H,6-7H2,1H3,(H,16,19)(H,17,20). The first-order valence-corrected chi connectivity index (χ1v) is 6.77. The maximum absolute atomic E-state index is 11.9. The summed E-state index contributed by atoms with van der Waals surface area (Å²) in [4.78, 5) is 23.7. The van der Waals surface area contributed by atoms with Gasteiger partial charge in [0.2, 0.25) is 5.76 Å². The Kier molecular flexibility index (Phi) is 3.43. The van der Waals surface area contributed by atoms with Crippen LogP contribution in [-0.4, -0.2) is 23.0 Å². The summed E-state index contributed by atoms with van der Waals surface area (Å²) >= 11 is 0. The number of amides is 2. The fourth-order valence-electron chi connectivity index (χ4n) is 1.86. The van der Waals surface area contributed by atoms with Crippen molar-refractivity contribution in [3.8, 4) is 0 Å². The van der Waals surface area contributed by atoms with Gasteiger partial charge in [0.15, 0.2) is 0 Å². The van der Waals surface area contributed by atoms with E-state index in [1.165, 1.54) is 0 Å². The van der Waals surface area contributed by atoms with Crippen LogP contribution >= 0.6 is 0 Å². The first-order valence-electron chi connectivity index (χ1n) is 6.77. The number of hydrogen-bond donors (Lipinski definition) is 2. The Morgan fingerprint density at radius 3 is 2.48 bits per heavy atom. The first-order chi connectivity index (χ1) is 10.1. The third kappa shape index (κ3) is 3.28. The van der Waals surface area contributed by atoms with E-state index in [-0.39, 0.29) is 17.6 Å². The fourth-order valence-corrected chi connectivity index (χ4v) is 1.86. The van der Waals surface area contributed by atoms with Crippen molar-refractivity contribution in [1.29, 1.82) is 0 Å². The Bertz CT molecular complexity index is 672. The molecule has 3 rings (SSSR count). The van der Waals surface area contributed by atoms with E-state index in [9.17, 15) is 9.59 Å². The van der Waals surface area contributed by atoms with Gasteiger partial charge in [0.25, 0.3) is 11.8 Å². The van der Waals surface area contributed by atoms with Crippen LogP contribution in [0.2, 0.25) is 0 Å². The molecule has 1 heterocycles. The number of carbonyl (C=O) groups excluding carboxylic acids is 2. The minimum absolute atomic E-state index is 0.0822. The Balaban J connectivity index is 1.63. The minimum Gasteiger partial charge on any atom is -0.351 e. The van der Waals surface area contributed by atoms with Gasteiger partial charge < -0.3 is 15.2 Å². The van der Waals surface area contributed by atoms with Crippen molar-refractivity contribution in [3.05, 3.63) is 47.3 Å². The fraction of sp³-hybridized carbons (Fsp3) is 0.267. The lowest BCUT2D eigenvalue weighted by molar-refractivity contribution is 0.0950. The molecule has 1 aromatic heterocycles. The van der Waals surface area contributed by atoms with Crippen LogP contribution in [0.3, 0.4) is 0 Å². The Morgan fingerprint density at radius 2 is 1.90 bits per heavy atom. The van der Waals surface area contributed by atoms with E-state index < -0.39 is 0 Å². The molecule has 21 heavy (non-hydrogen) atoms. The molecule has 1 fully saturated rings. The molecule has 1 aromatic carbocycles. The molecular formula is C15H15N3O3. The second-order valence-corrected chi connectivity index (χ2v) is 5.11. The predicted molar refractivity (Wildman–Crippen MR) is 76.1 cm³/mol. The monoisotopic (exact) mass is 285 g/mol. The summed E-state index contributed by atoms with van der Waals surface area (Å²) < 4.78 is 4.88. The van der Waals surface area contributed by atoms with Crippen LogP contribution in [0.1, 0.15) is 39.4 Å². The molecule has 0 aliphatic heterocycles. The Hall–Kier alpha value is -2.63. The van der Waals surface area contributed by atoms with Crippen LogP contribution in [-0.2, 0) is 0 Å². The van der Waals surface area contributed by atoms with Crippen LogP contribution in [0.5, 0.6) is 0 Å². The number of nitrogens with one attached hydrogen (secondary N) is 2. The van der Waals surface area contributed by atoms with E-state index in [0.717, 1.165) is 12.8 Å². The van der Waals surface area contributed by atoms with Crippen molar-refractivity contribution in [1.82, 2.24) is 10.5 Å². The Labute approximate surface area is 121 Å². The van der Waals surface area contributed by atoms with Gasteiger partial charge >= 0.3 is 0 Å². The number of aromatic nitrogens is 1. The molecule has 0 spiro atoms. The van der Waals surface area contributed by atoms with Gasteiger partial charge in [-0.3, -0.25) is 9.59 Å². The number of rotatable bonds is 4. The second-order valence-electron chi connectivity index (χ2n) is 5.11. The lowest BCUT2D eigenvalue weighted by atomic mass is 10.2. The molecule has 2 aromatic rings. The second kappa shape index (κ2) is 5.40.